The Balaban J connectivity index is 1.70. The number of aromatic amines is 1. The highest BCUT2D eigenvalue weighted by molar-refractivity contribution is 5.91. The summed E-state index contributed by atoms with van der Waals surface area (Å²) in [5, 5.41) is 0.946. The Labute approximate surface area is 151 Å². The van der Waals surface area contributed by atoms with Crippen LogP contribution in [-0.4, -0.2) is 22.0 Å². The number of rotatable bonds is 4. The summed E-state index contributed by atoms with van der Waals surface area (Å²) in [5.41, 5.74) is 5.05. The summed E-state index contributed by atoms with van der Waals surface area (Å²) in [5.74, 6) is 0.615. The first-order chi connectivity index (χ1) is 12.6. The second-order valence-electron chi connectivity index (χ2n) is 6.49. The van der Waals surface area contributed by atoms with Crippen molar-refractivity contribution < 1.29 is 4.39 Å². The van der Waals surface area contributed by atoms with Crippen molar-refractivity contribution in [2.45, 2.75) is 13.5 Å². The standard InChI is InChI=1S/C21H19FN4/c1-14-4-3-5-15(10-14)12-26(2)21-18-11-19(25-20(18)23-13-24-21)16-6-8-17(22)9-7-16/h3-11,13H,12H2,1-2H3,(H,23,24,25). The number of aromatic nitrogens is 3. The van der Waals surface area contributed by atoms with E-state index in [4.69, 9.17) is 0 Å². The van der Waals surface area contributed by atoms with Gasteiger partial charge in [-0.1, -0.05) is 29.8 Å². The lowest BCUT2D eigenvalue weighted by Crippen LogP contribution is -2.18. The van der Waals surface area contributed by atoms with Crippen LogP contribution < -0.4 is 4.90 Å². The molecule has 0 saturated heterocycles. The number of benzene rings is 2. The van der Waals surface area contributed by atoms with Gasteiger partial charge < -0.3 is 9.88 Å². The number of aryl methyl sites for hydroxylation is 1. The molecule has 2 aromatic carbocycles. The van der Waals surface area contributed by atoms with Gasteiger partial charge in [0.05, 0.1) is 5.39 Å². The summed E-state index contributed by atoms with van der Waals surface area (Å²) in [6, 6.07) is 16.9. The number of fused-ring (bicyclic) bond motifs is 1. The lowest BCUT2D eigenvalue weighted by Gasteiger charge is -2.19. The van der Waals surface area contributed by atoms with Crippen LogP contribution in [0.4, 0.5) is 10.2 Å². The van der Waals surface area contributed by atoms with Crippen molar-refractivity contribution in [3.05, 3.63) is 77.9 Å². The van der Waals surface area contributed by atoms with E-state index in [2.05, 4.69) is 51.0 Å². The third kappa shape index (κ3) is 3.16. The smallest absolute Gasteiger partial charge is 0.143 e. The molecular weight excluding hydrogens is 327 g/mol. The summed E-state index contributed by atoms with van der Waals surface area (Å²) < 4.78 is 13.2. The van der Waals surface area contributed by atoms with E-state index in [0.29, 0.717) is 0 Å². The number of H-pyrrole nitrogens is 1. The van der Waals surface area contributed by atoms with Gasteiger partial charge in [0.2, 0.25) is 0 Å². The van der Waals surface area contributed by atoms with Crippen molar-refractivity contribution in [1.29, 1.82) is 0 Å². The molecule has 0 spiro atoms. The summed E-state index contributed by atoms with van der Waals surface area (Å²) in [7, 11) is 2.02. The molecule has 4 aromatic rings. The minimum atomic E-state index is -0.247. The Hall–Kier alpha value is -3.21. The highest BCUT2D eigenvalue weighted by Crippen LogP contribution is 2.29. The van der Waals surface area contributed by atoms with Crippen LogP contribution in [0, 0.1) is 12.7 Å². The van der Waals surface area contributed by atoms with Crippen LogP contribution in [0.15, 0.2) is 60.9 Å². The predicted octanol–water partition coefficient (Wildman–Crippen LogP) is 4.71. The fourth-order valence-corrected chi connectivity index (χ4v) is 3.18. The molecule has 1 N–H and O–H groups in total. The first-order valence-electron chi connectivity index (χ1n) is 8.46. The van der Waals surface area contributed by atoms with E-state index >= 15 is 0 Å². The van der Waals surface area contributed by atoms with Crippen LogP contribution in [0.3, 0.4) is 0 Å². The maximum atomic E-state index is 13.2. The summed E-state index contributed by atoms with van der Waals surface area (Å²) >= 11 is 0. The molecule has 0 aliphatic rings. The lowest BCUT2D eigenvalue weighted by molar-refractivity contribution is 0.628. The normalized spacial score (nSPS) is 11.0. The van der Waals surface area contributed by atoms with Crippen molar-refractivity contribution in [2.24, 2.45) is 0 Å². The van der Waals surface area contributed by atoms with Crippen LogP contribution in [0.1, 0.15) is 11.1 Å². The fourth-order valence-electron chi connectivity index (χ4n) is 3.18. The van der Waals surface area contributed by atoms with Gasteiger partial charge in [0.15, 0.2) is 0 Å². The van der Waals surface area contributed by atoms with E-state index in [1.165, 1.54) is 23.3 Å². The van der Waals surface area contributed by atoms with E-state index in [0.717, 1.165) is 34.7 Å². The quantitative estimate of drug-likeness (QED) is 0.582. The Bertz CT molecular complexity index is 1050. The molecule has 4 nitrogen and oxygen atoms in total. The molecule has 130 valence electrons. The van der Waals surface area contributed by atoms with E-state index in [1.807, 2.05) is 13.1 Å². The molecule has 0 amide bonds. The first-order valence-corrected chi connectivity index (χ1v) is 8.46. The van der Waals surface area contributed by atoms with Crippen LogP contribution in [0.2, 0.25) is 0 Å². The molecule has 26 heavy (non-hydrogen) atoms. The van der Waals surface area contributed by atoms with Crippen molar-refractivity contribution in [2.75, 3.05) is 11.9 Å². The Morgan fingerprint density at radius 1 is 1.04 bits per heavy atom. The fraction of sp³-hybridized carbons (Fsp3) is 0.143. The largest absolute Gasteiger partial charge is 0.355 e. The van der Waals surface area contributed by atoms with Gasteiger partial charge >= 0.3 is 0 Å². The van der Waals surface area contributed by atoms with Crippen molar-refractivity contribution >= 4 is 16.9 Å². The number of halogens is 1. The molecular formula is C21H19FN4. The van der Waals surface area contributed by atoms with Gasteiger partial charge in [0.25, 0.3) is 0 Å². The molecule has 4 rings (SSSR count). The molecule has 5 heteroatoms. The predicted molar refractivity (Wildman–Crippen MR) is 103 cm³/mol. The number of nitrogens with zero attached hydrogens (tertiary/aromatic N) is 3. The second kappa shape index (κ2) is 6.59. The molecule has 0 atom stereocenters. The topological polar surface area (TPSA) is 44.8 Å². The third-order valence-electron chi connectivity index (χ3n) is 4.42. The molecule has 0 aliphatic heterocycles. The van der Waals surface area contributed by atoms with Crippen molar-refractivity contribution in [3.63, 3.8) is 0 Å². The van der Waals surface area contributed by atoms with Gasteiger partial charge in [-0.15, -0.1) is 0 Å². The van der Waals surface area contributed by atoms with E-state index in [9.17, 15) is 4.39 Å². The molecule has 0 bridgehead atoms. The molecule has 0 aliphatic carbocycles. The Morgan fingerprint density at radius 3 is 2.62 bits per heavy atom. The molecule has 0 fully saturated rings. The van der Waals surface area contributed by atoms with Crippen LogP contribution in [0.25, 0.3) is 22.3 Å². The third-order valence-corrected chi connectivity index (χ3v) is 4.42. The monoisotopic (exact) mass is 346 g/mol. The SMILES string of the molecule is Cc1cccc(CN(C)c2ncnc3[nH]c(-c4ccc(F)cc4)cc23)c1. The maximum Gasteiger partial charge on any atom is 0.143 e. The zero-order valence-electron chi connectivity index (χ0n) is 14.7. The Morgan fingerprint density at radius 2 is 1.85 bits per heavy atom. The molecule has 0 radical (unpaired) electrons. The number of hydrogen-bond donors (Lipinski definition) is 1. The van der Waals surface area contributed by atoms with E-state index in [1.54, 1.807) is 18.5 Å². The molecule has 2 heterocycles. The van der Waals surface area contributed by atoms with Gasteiger partial charge in [-0.2, -0.15) is 0 Å². The second-order valence-corrected chi connectivity index (χ2v) is 6.49. The van der Waals surface area contributed by atoms with E-state index < -0.39 is 0 Å². The lowest BCUT2D eigenvalue weighted by atomic mass is 10.1. The zero-order valence-corrected chi connectivity index (χ0v) is 14.7. The highest BCUT2D eigenvalue weighted by Gasteiger charge is 2.13. The van der Waals surface area contributed by atoms with Crippen molar-refractivity contribution in [3.8, 4) is 11.3 Å². The number of anilines is 1. The molecule has 0 unspecified atom stereocenters. The minimum absolute atomic E-state index is 0.247. The van der Waals surface area contributed by atoms with Gasteiger partial charge in [0, 0.05) is 19.3 Å². The minimum Gasteiger partial charge on any atom is -0.355 e. The van der Waals surface area contributed by atoms with Gasteiger partial charge in [-0.05, 0) is 48.4 Å². The first kappa shape index (κ1) is 16.3. The van der Waals surface area contributed by atoms with Crippen LogP contribution in [0.5, 0.6) is 0 Å². The average molecular weight is 346 g/mol. The van der Waals surface area contributed by atoms with E-state index in [-0.39, 0.29) is 5.82 Å². The van der Waals surface area contributed by atoms with Crippen LogP contribution >= 0.6 is 0 Å². The summed E-state index contributed by atoms with van der Waals surface area (Å²) in [4.78, 5) is 14.2. The molecule has 0 saturated carbocycles. The average Bonchev–Trinajstić information content (AvgIpc) is 3.06. The summed E-state index contributed by atoms with van der Waals surface area (Å²) in [6.45, 7) is 2.85. The van der Waals surface area contributed by atoms with Gasteiger partial charge in [0.1, 0.15) is 23.6 Å². The number of hydrogen-bond acceptors (Lipinski definition) is 3. The Kier molecular flexibility index (Phi) is 4.13. The number of nitrogens with one attached hydrogen (secondary N) is 1. The van der Waals surface area contributed by atoms with Crippen LogP contribution in [-0.2, 0) is 6.54 Å². The zero-order chi connectivity index (χ0) is 18.1. The maximum absolute atomic E-state index is 13.2. The van der Waals surface area contributed by atoms with Gasteiger partial charge in [-0.3, -0.25) is 0 Å². The van der Waals surface area contributed by atoms with Crippen molar-refractivity contribution in [1.82, 2.24) is 15.0 Å². The highest BCUT2D eigenvalue weighted by atomic mass is 19.1. The summed E-state index contributed by atoms with van der Waals surface area (Å²) in [6.07, 6.45) is 1.56. The molecule has 2 aromatic heterocycles. The van der Waals surface area contributed by atoms with Gasteiger partial charge in [-0.25, -0.2) is 14.4 Å².